The zero-order chi connectivity index (χ0) is 28.3. The van der Waals surface area contributed by atoms with Crippen LogP contribution in [0.2, 0.25) is 22.3 Å². The van der Waals surface area contributed by atoms with Crippen molar-refractivity contribution in [2.75, 3.05) is 0 Å². The SMILES string of the molecule is CCC[CH2][Sn]([CH2]CCC)([CH2]CCC)[CH](/C=C\O[Si](c1ccccc1)(c1ccccc1)C(C)(C)C)C(C)(C)C. The molecule has 0 aliphatic heterocycles. The monoisotopic (exact) mass is 642 g/mol. The number of hydrogen-bond donors (Lipinski definition) is 0. The first-order chi connectivity index (χ1) is 18.0. The Balaban J connectivity index is 2.65. The van der Waals surface area contributed by atoms with Gasteiger partial charge in [-0.3, -0.25) is 0 Å². The van der Waals surface area contributed by atoms with Gasteiger partial charge in [-0.25, -0.2) is 0 Å². The first kappa shape index (κ1) is 33.2. The molecule has 1 nitrogen and oxygen atoms in total. The maximum atomic E-state index is 7.29. The van der Waals surface area contributed by atoms with Crippen LogP contribution < -0.4 is 10.4 Å². The third-order valence-electron chi connectivity index (χ3n) is 8.61. The second-order valence-electron chi connectivity index (χ2n) is 13.6. The van der Waals surface area contributed by atoms with E-state index in [9.17, 15) is 0 Å². The standard InChI is InChI=1S/C23H31OSi.3C4H9.Sn/c1-22(2,3)18-13-19-24-25(23(4,5)6,20-14-9-7-10-15-20)21-16-11-8-12-17-21;3*1-3-4-2;/h7-19H,1-6H3;3*1,3-4H2,2H3;/b19-13-;;;;. The number of benzene rings is 2. The summed E-state index contributed by atoms with van der Waals surface area (Å²) in [6.45, 7) is 21.8. The molecule has 212 valence electrons. The van der Waals surface area contributed by atoms with Crippen LogP contribution in [0.15, 0.2) is 73.0 Å². The summed E-state index contributed by atoms with van der Waals surface area (Å²) >= 11 is -2.55. The minimum atomic E-state index is -2.57. The van der Waals surface area contributed by atoms with Gasteiger partial charge in [0.2, 0.25) is 0 Å². The van der Waals surface area contributed by atoms with Crippen molar-refractivity contribution in [3.05, 3.63) is 73.0 Å². The van der Waals surface area contributed by atoms with Crippen molar-refractivity contribution in [2.24, 2.45) is 5.41 Å². The van der Waals surface area contributed by atoms with Crippen molar-refractivity contribution >= 4 is 37.1 Å². The summed E-state index contributed by atoms with van der Waals surface area (Å²) in [4.78, 5) is 0. The van der Waals surface area contributed by atoms with Gasteiger partial charge < -0.3 is 0 Å². The molecule has 0 aliphatic rings. The quantitative estimate of drug-likeness (QED) is 0.139. The van der Waals surface area contributed by atoms with Gasteiger partial charge in [0.15, 0.2) is 0 Å². The molecule has 0 N–H and O–H groups in total. The van der Waals surface area contributed by atoms with Gasteiger partial charge in [0, 0.05) is 0 Å². The van der Waals surface area contributed by atoms with Crippen LogP contribution in [-0.4, -0.2) is 26.7 Å². The molecule has 0 aromatic heterocycles. The van der Waals surface area contributed by atoms with Gasteiger partial charge in [-0.2, -0.15) is 0 Å². The van der Waals surface area contributed by atoms with E-state index in [2.05, 4.69) is 135 Å². The molecule has 0 fully saturated rings. The Morgan fingerprint density at radius 3 is 1.39 bits per heavy atom. The van der Waals surface area contributed by atoms with Crippen molar-refractivity contribution in [3.63, 3.8) is 0 Å². The van der Waals surface area contributed by atoms with Gasteiger partial charge in [0.25, 0.3) is 0 Å². The van der Waals surface area contributed by atoms with Gasteiger partial charge in [-0.1, -0.05) is 0 Å². The zero-order valence-electron chi connectivity index (χ0n) is 26.3. The van der Waals surface area contributed by atoms with E-state index in [1.807, 2.05) is 0 Å². The molecular formula is C35H58OSiSn. The van der Waals surface area contributed by atoms with Crippen LogP contribution in [-0.2, 0) is 4.43 Å². The normalized spacial score (nSPS) is 14.1. The van der Waals surface area contributed by atoms with Crippen LogP contribution in [0, 0.1) is 5.41 Å². The van der Waals surface area contributed by atoms with E-state index in [0.717, 1.165) is 0 Å². The van der Waals surface area contributed by atoms with E-state index < -0.39 is 26.7 Å². The van der Waals surface area contributed by atoms with Gasteiger partial charge in [0.1, 0.15) is 0 Å². The Morgan fingerprint density at radius 1 is 0.684 bits per heavy atom. The van der Waals surface area contributed by atoms with Gasteiger partial charge in [-0.05, 0) is 0 Å². The first-order valence-corrected chi connectivity index (χ1v) is 25.0. The third-order valence-corrected chi connectivity index (χ3v) is 31.8. The van der Waals surface area contributed by atoms with Gasteiger partial charge in [0.05, 0.1) is 0 Å². The van der Waals surface area contributed by atoms with E-state index in [0.29, 0.717) is 3.93 Å². The fourth-order valence-electron chi connectivity index (χ4n) is 6.75. The Kier molecular flexibility index (Phi) is 13.2. The summed E-state index contributed by atoms with van der Waals surface area (Å²) in [5.74, 6) is 0. The van der Waals surface area contributed by atoms with Crippen LogP contribution in [0.25, 0.3) is 0 Å². The Labute approximate surface area is 241 Å². The molecule has 0 aliphatic carbocycles. The molecule has 0 bridgehead atoms. The second-order valence-corrected chi connectivity index (χ2v) is 31.7. The zero-order valence-corrected chi connectivity index (χ0v) is 30.1. The minimum absolute atomic E-state index is 0.00965. The average molecular weight is 642 g/mol. The molecule has 0 spiro atoms. The summed E-state index contributed by atoms with van der Waals surface area (Å²) in [6, 6.07) is 22.2. The predicted octanol–water partition coefficient (Wildman–Crippen LogP) is 10.3. The van der Waals surface area contributed by atoms with Gasteiger partial charge >= 0.3 is 243 Å². The van der Waals surface area contributed by atoms with Crippen LogP contribution in [0.1, 0.15) is 101 Å². The molecule has 0 radical (unpaired) electrons. The summed E-state index contributed by atoms with van der Waals surface area (Å²) < 4.78 is 12.5. The molecule has 38 heavy (non-hydrogen) atoms. The molecule has 3 heteroatoms. The second kappa shape index (κ2) is 15.1. The first-order valence-electron chi connectivity index (χ1n) is 15.4. The number of rotatable bonds is 15. The number of hydrogen-bond acceptors (Lipinski definition) is 1. The Bertz CT molecular complexity index is 878. The fraction of sp³-hybridized carbons (Fsp3) is 0.600. The van der Waals surface area contributed by atoms with Crippen LogP contribution in [0.5, 0.6) is 0 Å². The predicted molar refractivity (Wildman–Crippen MR) is 176 cm³/mol. The van der Waals surface area contributed by atoms with E-state index in [-0.39, 0.29) is 10.5 Å². The van der Waals surface area contributed by atoms with Crippen molar-refractivity contribution in [2.45, 2.75) is 123 Å². The molecule has 1 unspecified atom stereocenters. The van der Waals surface area contributed by atoms with E-state index >= 15 is 0 Å². The Morgan fingerprint density at radius 2 is 1.08 bits per heavy atom. The molecule has 1 atom stereocenters. The average Bonchev–Trinajstić information content (AvgIpc) is 2.88. The number of unbranched alkanes of at least 4 members (excludes halogenated alkanes) is 3. The van der Waals surface area contributed by atoms with E-state index in [4.69, 9.17) is 4.43 Å². The van der Waals surface area contributed by atoms with E-state index in [1.54, 1.807) is 0 Å². The molecule has 0 saturated heterocycles. The van der Waals surface area contributed by atoms with Crippen LogP contribution >= 0.6 is 0 Å². The molecule has 0 heterocycles. The third kappa shape index (κ3) is 8.25. The summed E-state index contributed by atoms with van der Waals surface area (Å²) in [5, 5.41) is 2.70. The van der Waals surface area contributed by atoms with Crippen LogP contribution in [0.4, 0.5) is 0 Å². The number of allylic oxidation sites excluding steroid dienone is 1. The van der Waals surface area contributed by atoms with Gasteiger partial charge in [-0.15, -0.1) is 0 Å². The van der Waals surface area contributed by atoms with E-state index in [1.165, 1.54) is 62.2 Å². The van der Waals surface area contributed by atoms with Crippen LogP contribution in [0.3, 0.4) is 0 Å². The Hall–Kier alpha value is -1.00. The molecule has 2 aromatic carbocycles. The topological polar surface area (TPSA) is 9.23 Å². The maximum absolute atomic E-state index is 7.29. The molecule has 0 amide bonds. The molecular weight excluding hydrogens is 583 g/mol. The molecule has 0 saturated carbocycles. The van der Waals surface area contributed by atoms with Crippen molar-refractivity contribution in [1.29, 1.82) is 0 Å². The molecule has 2 aromatic rings. The van der Waals surface area contributed by atoms with Crippen molar-refractivity contribution in [1.82, 2.24) is 0 Å². The van der Waals surface area contributed by atoms with Crippen molar-refractivity contribution in [3.8, 4) is 0 Å². The summed E-state index contributed by atoms with van der Waals surface area (Å²) in [5.41, 5.74) is 0.261. The van der Waals surface area contributed by atoms with Crippen molar-refractivity contribution < 1.29 is 4.43 Å². The fourth-order valence-corrected chi connectivity index (χ4v) is 31.5. The summed E-state index contributed by atoms with van der Waals surface area (Å²) in [6.07, 6.45) is 13.0. The summed E-state index contributed by atoms with van der Waals surface area (Å²) in [7, 11) is -2.57. The molecule has 2 rings (SSSR count).